The van der Waals surface area contributed by atoms with Crippen molar-refractivity contribution in [1.29, 1.82) is 0 Å². The quantitative estimate of drug-likeness (QED) is 0.797. The summed E-state index contributed by atoms with van der Waals surface area (Å²) in [7, 11) is 1.42. The number of carbonyl (C=O) groups excluding carboxylic acids is 2. The van der Waals surface area contributed by atoms with Crippen LogP contribution < -0.4 is 5.32 Å². The van der Waals surface area contributed by atoms with E-state index in [4.69, 9.17) is 9.47 Å². The van der Waals surface area contributed by atoms with Crippen LogP contribution in [-0.2, 0) is 14.3 Å². The van der Waals surface area contributed by atoms with Crippen LogP contribution in [-0.4, -0.2) is 55.9 Å². The van der Waals surface area contributed by atoms with Crippen molar-refractivity contribution in [3.05, 3.63) is 0 Å². The van der Waals surface area contributed by atoms with E-state index in [1.54, 1.807) is 6.92 Å². The molecule has 1 saturated heterocycles. The number of hydrogen-bond donors (Lipinski definition) is 1. The van der Waals surface area contributed by atoms with Crippen LogP contribution in [0.1, 0.15) is 39.0 Å². The van der Waals surface area contributed by atoms with Gasteiger partial charge in [0.2, 0.25) is 0 Å². The Balaban J connectivity index is 1.98. The summed E-state index contributed by atoms with van der Waals surface area (Å²) in [4.78, 5) is 25.9. The average Bonchev–Trinajstić information content (AvgIpc) is 3.00. The highest BCUT2D eigenvalue weighted by Gasteiger charge is 2.36. The van der Waals surface area contributed by atoms with Gasteiger partial charge in [0.25, 0.3) is 0 Å². The van der Waals surface area contributed by atoms with Crippen molar-refractivity contribution in [3.63, 3.8) is 0 Å². The number of nitrogens with one attached hydrogen (secondary N) is 1. The lowest BCUT2D eigenvalue weighted by atomic mass is 9.92. The second-order valence-corrected chi connectivity index (χ2v) is 5.91. The second-order valence-electron chi connectivity index (χ2n) is 5.91. The van der Waals surface area contributed by atoms with Crippen LogP contribution in [0.3, 0.4) is 0 Å². The minimum atomic E-state index is -0.403. The maximum Gasteiger partial charge on any atom is 0.407 e. The lowest BCUT2D eigenvalue weighted by molar-refractivity contribution is -0.148. The Kier molecular flexibility index (Phi) is 5.85. The molecule has 2 fully saturated rings. The molecule has 1 N–H and O–H groups in total. The molecule has 1 amide bonds. The van der Waals surface area contributed by atoms with Crippen molar-refractivity contribution >= 4 is 12.1 Å². The van der Waals surface area contributed by atoms with Crippen LogP contribution in [0.2, 0.25) is 0 Å². The summed E-state index contributed by atoms with van der Waals surface area (Å²) >= 11 is 0. The first kappa shape index (κ1) is 16.1. The molecule has 6 nitrogen and oxygen atoms in total. The van der Waals surface area contributed by atoms with Crippen molar-refractivity contribution in [2.24, 2.45) is 5.92 Å². The molecule has 0 aromatic carbocycles. The molecule has 1 aliphatic heterocycles. The van der Waals surface area contributed by atoms with Gasteiger partial charge in [-0.1, -0.05) is 12.8 Å². The molecule has 0 aromatic rings. The third-order valence-electron chi connectivity index (χ3n) is 4.45. The van der Waals surface area contributed by atoms with E-state index in [1.807, 2.05) is 0 Å². The smallest absolute Gasteiger partial charge is 0.407 e. The van der Waals surface area contributed by atoms with Crippen LogP contribution in [0, 0.1) is 5.92 Å². The molecule has 1 saturated carbocycles. The monoisotopic (exact) mass is 298 g/mol. The summed E-state index contributed by atoms with van der Waals surface area (Å²) in [6, 6.07) is 0.478. The van der Waals surface area contributed by atoms with Gasteiger partial charge in [-0.3, -0.25) is 9.69 Å². The predicted molar refractivity (Wildman–Crippen MR) is 77.9 cm³/mol. The molecule has 2 unspecified atom stereocenters. The highest BCUT2D eigenvalue weighted by Crippen LogP contribution is 2.28. The normalized spacial score (nSPS) is 27.3. The molecule has 0 spiro atoms. The van der Waals surface area contributed by atoms with Gasteiger partial charge in [0, 0.05) is 25.2 Å². The molecule has 0 bridgehead atoms. The first-order valence-corrected chi connectivity index (χ1v) is 7.89. The van der Waals surface area contributed by atoms with E-state index < -0.39 is 6.09 Å². The van der Waals surface area contributed by atoms with Crippen LogP contribution in [0.25, 0.3) is 0 Å². The van der Waals surface area contributed by atoms with Gasteiger partial charge in [-0.25, -0.2) is 4.79 Å². The van der Waals surface area contributed by atoms with Crippen molar-refractivity contribution in [2.75, 3.05) is 26.8 Å². The third-order valence-corrected chi connectivity index (χ3v) is 4.45. The van der Waals surface area contributed by atoms with Gasteiger partial charge in [-0.15, -0.1) is 0 Å². The van der Waals surface area contributed by atoms with Gasteiger partial charge >= 0.3 is 12.1 Å². The fourth-order valence-corrected chi connectivity index (χ4v) is 3.48. The van der Waals surface area contributed by atoms with E-state index >= 15 is 0 Å². The van der Waals surface area contributed by atoms with E-state index in [2.05, 4.69) is 10.2 Å². The zero-order valence-corrected chi connectivity index (χ0v) is 13.0. The number of amides is 1. The Morgan fingerprint density at radius 1 is 1.24 bits per heavy atom. The van der Waals surface area contributed by atoms with E-state index in [0.29, 0.717) is 19.1 Å². The third kappa shape index (κ3) is 4.33. The van der Waals surface area contributed by atoms with E-state index in [0.717, 1.165) is 13.1 Å². The predicted octanol–water partition coefficient (Wildman–Crippen LogP) is 1.54. The fourth-order valence-electron chi connectivity index (χ4n) is 3.48. The average molecular weight is 298 g/mol. The van der Waals surface area contributed by atoms with Gasteiger partial charge < -0.3 is 14.8 Å². The number of hydrogen-bond acceptors (Lipinski definition) is 5. The minimum absolute atomic E-state index is 0.0532. The molecule has 0 aromatic heterocycles. The lowest BCUT2D eigenvalue weighted by Gasteiger charge is -2.40. The molecule has 1 aliphatic carbocycles. The number of rotatable bonds is 4. The standard InChI is InChI=1S/C15H26N2O4/c1-3-21-15(19)16-12-8-11(14(18)20-2)9-17(10-12)13-6-4-5-7-13/h11-13H,3-10H2,1-2H3,(H,16,19). The summed E-state index contributed by atoms with van der Waals surface area (Å²) in [5.74, 6) is -0.357. The van der Waals surface area contributed by atoms with E-state index in [1.165, 1.54) is 32.8 Å². The Morgan fingerprint density at radius 2 is 1.95 bits per heavy atom. The first-order valence-electron chi connectivity index (χ1n) is 7.89. The number of alkyl carbamates (subject to hydrolysis) is 1. The van der Waals surface area contributed by atoms with E-state index in [9.17, 15) is 9.59 Å². The molecule has 120 valence electrons. The molecule has 6 heteroatoms. The molecular weight excluding hydrogens is 272 g/mol. The Morgan fingerprint density at radius 3 is 2.57 bits per heavy atom. The minimum Gasteiger partial charge on any atom is -0.469 e. The Bertz CT molecular complexity index is 369. The maximum absolute atomic E-state index is 11.9. The van der Waals surface area contributed by atoms with Crippen molar-refractivity contribution in [2.45, 2.75) is 51.1 Å². The zero-order chi connectivity index (χ0) is 15.2. The summed E-state index contributed by atoms with van der Waals surface area (Å²) in [6.07, 6.45) is 5.08. The molecule has 2 rings (SSSR count). The maximum atomic E-state index is 11.9. The van der Waals surface area contributed by atoms with Gasteiger partial charge in [0.05, 0.1) is 19.6 Å². The second kappa shape index (κ2) is 7.64. The highest BCUT2D eigenvalue weighted by atomic mass is 16.5. The summed E-state index contributed by atoms with van der Waals surface area (Å²) in [5.41, 5.74) is 0. The van der Waals surface area contributed by atoms with Crippen LogP contribution in [0.15, 0.2) is 0 Å². The SMILES string of the molecule is CCOC(=O)NC1CC(C(=O)OC)CN(C2CCCC2)C1. The summed E-state index contributed by atoms with van der Waals surface area (Å²) in [6.45, 7) is 3.66. The number of carbonyl (C=O) groups is 2. The van der Waals surface area contributed by atoms with E-state index in [-0.39, 0.29) is 17.9 Å². The highest BCUT2D eigenvalue weighted by molar-refractivity contribution is 5.73. The number of likely N-dealkylation sites (tertiary alicyclic amines) is 1. The Hall–Kier alpha value is -1.30. The molecule has 0 radical (unpaired) electrons. The number of ether oxygens (including phenoxy) is 2. The van der Waals surface area contributed by atoms with Crippen LogP contribution in [0.4, 0.5) is 4.79 Å². The van der Waals surface area contributed by atoms with Gasteiger partial charge in [-0.05, 0) is 26.2 Å². The van der Waals surface area contributed by atoms with Crippen molar-refractivity contribution < 1.29 is 19.1 Å². The van der Waals surface area contributed by atoms with Crippen molar-refractivity contribution in [3.8, 4) is 0 Å². The van der Waals surface area contributed by atoms with Gasteiger partial charge in [-0.2, -0.15) is 0 Å². The summed E-state index contributed by atoms with van der Waals surface area (Å²) in [5, 5.41) is 2.87. The zero-order valence-electron chi connectivity index (χ0n) is 13.0. The number of methoxy groups -OCH3 is 1. The number of nitrogens with zero attached hydrogens (tertiary/aromatic N) is 1. The molecule has 2 aliphatic rings. The largest absolute Gasteiger partial charge is 0.469 e. The molecule has 2 atom stereocenters. The fraction of sp³-hybridized carbons (Fsp3) is 0.867. The lowest BCUT2D eigenvalue weighted by Crippen LogP contribution is -2.54. The summed E-state index contributed by atoms with van der Waals surface area (Å²) < 4.78 is 9.83. The molecular formula is C15H26N2O4. The number of esters is 1. The molecule has 1 heterocycles. The van der Waals surface area contributed by atoms with Gasteiger partial charge in [0.15, 0.2) is 0 Å². The van der Waals surface area contributed by atoms with Gasteiger partial charge in [0.1, 0.15) is 0 Å². The topological polar surface area (TPSA) is 67.9 Å². The molecule has 21 heavy (non-hydrogen) atoms. The van der Waals surface area contributed by atoms with Crippen molar-refractivity contribution in [1.82, 2.24) is 10.2 Å². The van der Waals surface area contributed by atoms with Crippen LogP contribution >= 0.6 is 0 Å². The van der Waals surface area contributed by atoms with Crippen LogP contribution in [0.5, 0.6) is 0 Å². The first-order chi connectivity index (χ1) is 10.1. The number of piperidine rings is 1. The Labute approximate surface area is 126 Å².